The van der Waals surface area contributed by atoms with E-state index in [4.69, 9.17) is 4.74 Å². The van der Waals surface area contributed by atoms with Crippen molar-refractivity contribution in [1.82, 2.24) is 10.2 Å². The third-order valence-corrected chi connectivity index (χ3v) is 4.52. The summed E-state index contributed by atoms with van der Waals surface area (Å²) in [6.07, 6.45) is -1.36. The second kappa shape index (κ2) is 6.68. The van der Waals surface area contributed by atoms with Crippen molar-refractivity contribution in [2.45, 2.75) is 37.1 Å². The van der Waals surface area contributed by atoms with Crippen LogP contribution in [0.4, 0.5) is 8.78 Å². The maximum Gasteiger partial charge on any atom is 0.261 e. The Morgan fingerprint density at radius 3 is 2.83 bits per heavy atom. The summed E-state index contributed by atoms with van der Waals surface area (Å²) in [7, 11) is 0. The van der Waals surface area contributed by atoms with Gasteiger partial charge in [-0.1, -0.05) is 18.2 Å². The Bertz CT molecular complexity index is 544. The number of alkyl halides is 2. The van der Waals surface area contributed by atoms with Crippen LogP contribution in [0.3, 0.4) is 0 Å². The molecule has 1 aromatic rings. The lowest BCUT2D eigenvalue weighted by Gasteiger charge is -2.23. The van der Waals surface area contributed by atoms with E-state index in [0.29, 0.717) is 26.2 Å². The first-order valence-corrected chi connectivity index (χ1v) is 7.85. The van der Waals surface area contributed by atoms with Crippen LogP contribution in [0, 0.1) is 0 Å². The largest absolute Gasteiger partial charge is 0.508 e. The zero-order chi connectivity index (χ0) is 16.4. The molecule has 23 heavy (non-hydrogen) atoms. The minimum atomic E-state index is -2.63. The minimum absolute atomic E-state index is 0.134. The third kappa shape index (κ3) is 3.98. The van der Waals surface area contributed by atoms with E-state index >= 15 is 0 Å². The number of nitrogens with one attached hydrogen (secondary N) is 1. The summed E-state index contributed by atoms with van der Waals surface area (Å²) >= 11 is 0. The average molecular weight is 328 g/mol. The molecule has 128 valence electrons. The van der Waals surface area contributed by atoms with Gasteiger partial charge in [-0.3, -0.25) is 4.90 Å². The predicted molar refractivity (Wildman–Crippen MR) is 80.5 cm³/mol. The first kappa shape index (κ1) is 16.6. The van der Waals surface area contributed by atoms with Gasteiger partial charge in [0.15, 0.2) is 0 Å². The van der Waals surface area contributed by atoms with Crippen LogP contribution in [-0.2, 0) is 11.3 Å². The third-order valence-electron chi connectivity index (χ3n) is 4.52. The summed E-state index contributed by atoms with van der Waals surface area (Å²) in [5, 5.41) is 23.2. The molecule has 0 aromatic heterocycles. The number of rotatable bonds is 5. The van der Waals surface area contributed by atoms with Gasteiger partial charge in [0.25, 0.3) is 5.92 Å². The van der Waals surface area contributed by atoms with E-state index in [9.17, 15) is 19.0 Å². The molecule has 2 saturated heterocycles. The van der Waals surface area contributed by atoms with Crippen LogP contribution in [0.5, 0.6) is 5.75 Å². The highest BCUT2D eigenvalue weighted by atomic mass is 19.3. The molecular weight excluding hydrogens is 306 g/mol. The van der Waals surface area contributed by atoms with E-state index in [-0.39, 0.29) is 24.8 Å². The van der Waals surface area contributed by atoms with Crippen molar-refractivity contribution in [3.8, 4) is 5.75 Å². The molecule has 1 aromatic carbocycles. The Kier molecular flexibility index (Phi) is 4.82. The molecule has 0 spiro atoms. The van der Waals surface area contributed by atoms with Gasteiger partial charge in [0, 0.05) is 31.6 Å². The van der Waals surface area contributed by atoms with Gasteiger partial charge in [-0.05, 0) is 6.07 Å². The highest BCUT2D eigenvalue weighted by Crippen LogP contribution is 2.28. The van der Waals surface area contributed by atoms with Crippen LogP contribution < -0.4 is 5.32 Å². The van der Waals surface area contributed by atoms with E-state index in [2.05, 4.69) is 5.32 Å². The van der Waals surface area contributed by atoms with Gasteiger partial charge < -0.3 is 20.3 Å². The summed E-state index contributed by atoms with van der Waals surface area (Å²) in [4.78, 5) is 1.64. The molecule has 0 amide bonds. The zero-order valence-corrected chi connectivity index (χ0v) is 12.8. The molecule has 7 heteroatoms. The molecule has 0 aliphatic carbocycles. The van der Waals surface area contributed by atoms with E-state index in [1.807, 2.05) is 6.07 Å². The smallest absolute Gasteiger partial charge is 0.261 e. The number of hydrogen-bond acceptors (Lipinski definition) is 5. The molecular formula is C16H22F2N2O3. The lowest BCUT2D eigenvalue weighted by molar-refractivity contribution is -0.00739. The molecule has 0 unspecified atom stereocenters. The van der Waals surface area contributed by atoms with Crippen LogP contribution in [0.2, 0.25) is 0 Å². The summed E-state index contributed by atoms with van der Waals surface area (Å²) in [6, 6.07) is 6.70. The number of phenols is 1. The maximum atomic E-state index is 13.2. The molecule has 3 rings (SSSR count). The Labute approximate surface area is 133 Å². The number of aliphatic hydroxyl groups excluding tert-OH is 1. The van der Waals surface area contributed by atoms with Crippen LogP contribution in [0.25, 0.3) is 0 Å². The van der Waals surface area contributed by atoms with Crippen molar-refractivity contribution in [3.63, 3.8) is 0 Å². The molecule has 2 aliphatic rings. The Morgan fingerprint density at radius 2 is 2.13 bits per heavy atom. The Hall–Kier alpha value is -1.28. The zero-order valence-electron chi connectivity index (χ0n) is 12.8. The number of para-hydroxylation sites is 1. The normalized spacial score (nSPS) is 30.8. The number of hydrogen-bond donors (Lipinski definition) is 3. The van der Waals surface area contributed by atoms with Gasteiger partial charge >= 0.3 is 0 Å². The fraction of sp³-hybridized carbons (Fsp3) is 0.625. The maximum absolute atomic E-state index is 13.2. The van der Waals surface area contributed by atoms with Gasteiger partial charge in [0.05, 0.1) is 31.4 Å². The van der Waals surface area contributed by atoms with Crippen molar-refractivity contribution in [2.75, 3.05) is 26.2 Å². The summed E-state index contributed by atoms with van der Waals surface area (Å²) in [5.74, 6) is -2.43. The Morgan fingerprint density at radius 1 is 1.35 bits per heavy atom. The molecule has 2 fully saturated rings. The van der Waals surface area contributed by atoms with Crippen molar-refractivity contribution in [2.24, 2.45) is 0 Å². The van der Waals surface area contributed by atoms with E-state index in [1.165, 1.54) is 0 Å². The number of phenolic OH excluding ortho intramolecular Hbond substituents is 1. The van der Waals surface area contributed by atoms with Gasteiger partial charge in [-0.2, -0.15) is 0 Å². The average Bonchev–Trinajstić information content (AvgIpc) is 3.02. The highest BCUT2D eigenvalue weighted by Gasteiger charge is 2.42. The first-order chi connectivity index (χ1) is 10.9. The lowest BCUT2D eigenvalue weighted by Crippen LogP contribution is -2.44. The number of nitrogens with zero attached hydrogens (tertiary/aromatic N) is 1. The van der Waals surface area contributed by atoms with Crippen molar-refractivity contribution in [3.05, 3.63) is 29.8 Å². The van der Waals surface area contributed by atoms with E-state index in [1.54, 1.807) is 23.1 Å². The lowest BCUT2D eigenvalue weighted by atomic mass is 10.1. The summed E-state index contributed by atoms with van der Waals surface area (Å²) in [6.45, 7) is 1.10. The highest BCUT2D eigenvalue weighted by molar-refractivity contribution is 5.31. The predicted octanol–water partition coefficient (Wildman–Crippen LogP) is 0.951. The van der Waals surface area contributed by atoms with Crippen LogP contribution in [0.15, 0.2) is 24.3 Å². The number of benzene rings is 1. The van der Waals surface area contributed by atoms with Gasteiger partial charge in [-0.25, -0.2) is 8.78 Å². The van der Waals surface area contributed by atoms with Crippen molar-refractivity contribution in [1.29, 1.82) is 0 Å². The quantitative estimate of drug-likeness (QED) is 0.751. The van der Waals surface area contributed by atoms with Gasteiger partial charge in [0.2, 0.25) is 0 Å². The molecule has 3 atom stereocenters. The first-order valence-electron chi connectivity index (χ1n) is 7.85. The second-order valence-corrected chi connectivity index (χ2v) is 6.32. The summed E-state index contributed by atoms with van der Waals surface area (Å²) < 4.78 is 32.0. The van der Waals surface area contributed by atoms with Crippen LogP contribution in [0.1, 0.15) is 12.0 Å². The van der Waals surface area contributed by atoms with Gasteiger partial charge in [0.1, 0.15) is 5.75 Å². The fourth-order valence-electron chi connectivity index (χ4n) is 3.14. The number of likely N-dealkylation sites (tertiary alicyclic amines) is 1. The SMILES string of the molecule is Oc1ccccc1CN[C@H]1CO[C@@H](CN2CCC(F)(F)C2)[C@@H]1O. The summed E-state index contributed by atoms with van der Waals surface area (Å²) in [5.41, 5.74) is 0.738. The number of halogens is 2. The fourth-order valence-corrected chi connectivity index (χ4v) is 3.14. The van der Waals surface area contributed by atoms with Crippen LogP contribution >= 0.6 is 0 Å². The second-order valence-electron chi connectivity index (χ2n) is 6.32. The van der Waals surface area contributed by atoms with Crippen molar-refractivity contribution >= 4 is 0 Å². The minimum Gasteiger partial charge on any atom is -0.508 e. The molecule has 3 N–H and O–H groups in total. The Balaban J connectivity index is 1.49. The van der Waals surface area contributed by atoms with Crippen LogP contribution in [-0.4, -0.2) is 65.5 Å². The molecule has 5 nitrogen and oxygen atoms in total. The number of aliphatic hydroxyl groups is 1. The topological polar surface area (TPSA) is 65.0 Å². The molecule has 0 saturated carbocycles. The van der Waals surface area contributed by atoms with Crippen molar-refractivity contribution < 1.29 is 23.7 Å². The number of ether oxygens (including phenoxy) is 1. The molecule has 2 heterocycles. The monoisotopic (exact) mass is 328 g/mol. The molecule has 2 aliphatic heterocycles. The van der Waals surface area contributed by atoms with E-state index < -0.39 is 18.1 Å². The molecule has 0 bridgehead atoms. The standard InChI is InChI=1S/C16H22F2N2O3/c17-16(18)5-6-20(10-16)8-14-15(22)12(9-23-14)19-7-11-3-1-2-4-13(11)21/h1-4,12,14-15,19,21-22H,5-10H2/t12-,14-,15+/m0/s1. The van der Waals surface area contributed by atoms with Gasteiger partial charge in [-0.15, -0.1) is 0 Å². The van der Waals surface area contributed by atoms with E-state index in [0.717, 1.165) is 5.56 Å². The molecule has 0 radical (unpaired) electrons. The number of aromatic hydroxyl groups is 1.